The van der Waals surface area contributed by atoms with Crippen LogP contribution in [0, 0.1) is 3.57 Å². The molecule has 2 N–H and O–H groups in total. The number of fused-ring (bicyclic) bond motifs is 1. The number of nitrogens with one attached hydrogen (secondary N) is 2. The van der Waals surface area contributed by atoms with Gasteiger partial charge in [0.15, 0.2) is 0 Å². The van der Waals surface area contributed by atoms with Crippen LogP contribution in [0.4, 0.5) is 0 Å². The van der Waals surface area contributed by atoms with Crippen molar-refractivity contribution in [3.8, 4) is 0 Å². The first-order valence-electron chi connectivity index (χ1n) is 6.83. The van der Waals surface area contributed by atoms with Gasteiger partial charge in [-0.25, -0.2) is 0 Å². The monoisotopic (exact) mass is 390 g/mol. The molecule has 4 heteroatoms. The van der Waals surface area contributed by atoms with Gasteiger partial charge in [-0.3, -0.25) is 4.79 Å². The number of benzene rings is 2. The van der Waals surface area contributed by atoms with Gasteiger partial charge in [0.05, 0.1) is 0 Å². The van der Waals surface area contributed by atoms with E-state index in [1.54, 1.807) is 0 Å². The number of rotatable bonds is 4. The first-order valence-corrected chi connectivity index (χ1v) is 7.91. The van der Waals surface area contributed by atoms with Crippen LogP contribution in [0.25, 0.3) is 10.9 Å². The van der Waals surface area contributed by atoms with Gasteiger partial charge in [0.25, 0.3) is 5.91 Å². The smallest absolute Gasteiger partial charge is 0.251 e. The molecule has 3 aromatic rings. The van der Waals surface area contributed by atoms with Crippen molar-refractivity contribution in [1.82, 2.24) is 10.3 Å². The molecule has 0 fully saturated rings. The van der Waals surface area contributed by atoms with E-state index < -0.39 is 0 Å². The number of hydrogen-bond donors (Lipinski definition) is 2. The van der Waals surface area contributed by atoms with Crippen LogP contribution in [0.1, 0.15) is 15.9 Å². The quantitative estimate of drug-likeness (QED) is 0.655. The highest BCUT2D eigenvalue weighted by Crippen LogP contribution is 2.17. The average molecular weight is 390 g/mol. The third kappa shape index (κ3) is 3.26. The van der Waals surface area contributed by atoms with Crippen LogP contribution in [-0.2, 0) is 6.42 Å². The van der Waals surface area contributed by atoms with Gasteiger partial charge in [-0.05, 0) is 64.9 Å². The zero-order valence-electron chi connectivity index (χ0n) is 11.4. The fourth-order valence-corrected chi connectivity index (χ4v) is 2.71. The highest BCUT2D eigenvalue weighted by atomic mass is 127. The summed E-state index contributed by atoms with van der Waals surface area (Å²) in [5.74, 6) is -0.0220. The molecule has 0 saturated heterocycles. The zero-order valence-corrected chi connectivity index (χ0v) is 13.6. The fourth-order valence-electron chi connectivity index (χ4n) is 2.35. The molecule has 3 nitrogen and oxygen atoms in total. The number of carbonyl (C=O) groups excluding carboxylic acids is 1. The van der Waals surface area contributed by atoms with Crippen LogP contribution in [0.5, 0.6) is 0 Å². The SMILES string of the molecule is O=C(NCCc1c[nH]c2ccccc12)c1ccc(I)cc1. The van der Waals surface area contributed by atoms with Crippen molar-refractivity contribution in [2.45, 2.75) is 6.42 Å². The maximum atomic E-state index is 12.0. The Morgan fingerprint density at radius 2 is 1.86 bits per heavy atom. The molecule has 2 aromatic carbocycles. The van der Waals surface area contributed by atoms with E-state index in [9.17, 15) is 4.79 Å². The van der Waals surface area contributed by atoms with E-state index in [0.717, 1.165) is 15.5 Å². The lowest BCUT2D eigenvalue weighted by molar-refractivity contribution is 0.0954. The van der Waals surface area contributed by atoms with Crippen molar-refractivity contribution >= 4 is 39.4 Å². The van der Waals surface area contributed by atoms with E-state index in [2.05, 4.69) is 45.0 Å². The molecule has 0 aliphatic heterocycles. The first kappa shape index (κ1) is 14.1. The van der Waals surface area contributed by atoms with Gasteiger partial charge in [0, 0.05) is 32.8 Å². The number of hydrogen-bond acceptors (Lipinski definition) is 1. The second-order valence-electron chi connectivity index (χ2n) is 4.87. The lowest BCUT2D eigenvalue weighted by atomic mass is 10.1. The van der Waals surface area contributed by atoms with E-state index in [0.29, 0.717) is 12.1 Å². The third-order valence-electron chi connectivity index (χ3n) is 3.46. The Balaban J connectivity index is 1.61. The van der Waals surface area contributed by atoms with Crippen LogP contribution in [0.3, 0.4) is 0 Å². The molecule has 0 saturated carbocycles. The van der Waals surface area contributed by atoms with Gasteiger partial charge in [-0.2, -0.15) is 0 Å². The molecule has 21 heavy (non-hydrogen) atoms. The number of aromatic nitrogens is 1. The minimum Gasteiger partial charge on any atom is -0.361 e. The maximum absolute atomic E-state index is 12.0. The van der Waals surface area contributed by atoms with Crippen molar-refractivity contribution in [3.63, 3.8) is 0 Å². The summed E-state index contributed by atoms with van der Waals surface area (Å²) in [4.78, 5) is 15.3. The van der Waals surface area contributed by atoms with Crippen LogP contribution >= 0.6 is 22.6 Å². The molecule has 1 aromatic heterocycles. The van der Waals surface area contributed by atoms with E-state index in [1.165, 1.54) is 10.9 Å². The summed E-state index contributed by atoms with van der Waals surface area (Å²) in [7, 11) is 0. The maximum Gasteiger partial charge on any atom is 0.251 e. The topological polar surface area (TPSA) is 44.9 Å². The molecule has 0 aliphatic carbocycles. The Kier molecular flexibility index (Phi) is 4.24. The number of carbonyl (C=O) groups is 1. The summed E-state index contributed by atoms with van der Waals surface area (Å²) in [6, 6.07) is 15.8. The lowest BCUT2D eigenvalue weighted by Crippen LogP contribution is -2.25. The molecule has 0 aliphatic rings. The van der Waals surface area contributed by atoms with Crippen molar-refractivity contribution < 1.29 is 4.79 Å². The van der Waals surface area contributed by atoms with Gasteiger partial charge >= 0.3 is 0 Å². The van der Waals surface area contributed by atoms with E-state index in [1.807, 2.05) is 42.6 Å². The van der Waals surface area contributed by atoms with Crippen LogP contribution < -0.4 is 5.32 Å². The average Bonchev–Trinajstić information content (AvgIpc) is 2.91. The number of aromatic amines is 1. The van der Waals surface area contributed by atoms with Gasteiger partial charge in [-0.1, -0.05) is 18.2 Å². The summed E-state index contributed by atoms with van der Waals surface area (Å²) in [5, 5.41) is 4.19. The fraction of sp³-hybridized carbons (Fsp3) is 0.118. The second-order valence-corrected chi connectivity index (χ2v) is 6.12. The predicted octanol–water partition coefficient (Wildman–Crippen LogP) is 3.75. The molecule has 1 amide bonds. The molecule has 0 bridgehead atoms. The summed E-state index contributed by atoms with van der Waals surface area (Å²) < 4.78 is 1.13. The summed E-state index contributed by atoms with van der Waals surface area (Å²) >= 11 is 2.23. The number of H-pyrrole nitrogens is 1. The van der Waals surface area contributed by atoms with Gasteiger partial charge in [0.2, 0.25) is 0 Å². The van der Waals surface area contributed by atoms with Crippen LogP contribution in [-0.4, -0.2) is 17.4 Å². The van der Waals surface area contributed by atoms with Crippen LogP contribution in [0.2, 0.25) is 0 Å². The Hall–Kier alpha value is -1.82. The Labute approximate surface area is 136 Å². The highest BCUT2D eigenvalue weighted by Gasteiger charge is 2.06. The Morgan fingerprint density at radius 3 is 2.67 bits per heavy atom. The standard InChI is InChI=1S/C17H15IN2O/c18-14-7-5-12(6-8-14)17(21)19-10-9-13-11-20-16-4-2-1-3-15(13)16/h1-8,11,20H,9-10H2,(H,19,21). The highest BCUT2D eigenvalue weighted by molar-refractivity contribution is 14.1. The van der Waals surface area contributed by atoms with E-state index in [4.69, 9.17) is 0 Å². The molecule has 0 spiro atoms. The van der Waals surface area contributed by atoms with Gasteiger partial charge < -0.3 is 10.3 Å². The molecular formula is C17H15IN2O. The molecule has 106 valence electrons. The predicted molar refractivity (Wildman–Crippen MR) is 93.5 cm³/mol. The summed E-state index contributed by atoms with van der Waals surface area (Å²) in [5.41, 5.74) is 3.07. The van der Waals surface area contributed by atoms with Crippen molar-refractivity contribution in [3.05, 3.63) is 69.4 Å². The number of para-hydroxylation sites is 1. The molecule has 0 radical (unpaired) electrons. The molecule has 3 rings (SSSR count). The molecular weight excluding hydrogens is 375 g/mol. The Bertz CT molecular complexity index is 762. The van der Waals surface area contributed by atoms with Crippen LogP contribution in [0.15, 0.2) is 54.7 Å². The zero-order chi connectivity index (χ0) is 14.7. The Morgan fingerprint density at radius 1 is 1.10 bits per heavy atom. The number of halogens is 1. The second kappa shape index (κ2) is 6.30. The summed E-state index contributed by atoms with van der Waals surface area (Å²) in [6.45, 7) is 0.632. The third-order valence-corrected chi connectivity index (χ3v) is 4.18. The largest absolute Gasteiger partial charge is 0.361 e. The van der Waals surface area contributed by atoms with E-state index in [-0.39, 0.29) is 5.91 Å². The first-order chi connectivity index (χ1) is 10.2. The molecule has 0 unspecified atom stereocenters. The van der Waals surface area contributed by atoms with Crippen molar-refractivity contribution in [2.75, 3.05) is 6.54 Å². The molecule has 1 heterocycles. The molecule has 0 atom stereocenters. The van der Waals surface area contributed by atoms with Gasteiger partial charge in [-0.15, -0.1) is 0 Å². The van der Waals surface area contributed by atoms with Gasteiger partial charge in [0.1, 0.15) is 0 Å². The lowest BCUT2D eigenvalue weighted by Gasteiger charge is -2.05. The minimum absolute atomic E-state index is 0.0220. The summed E-state index contributed by atoms with van der Waals surface area (Å²) in [6.07, 6.45) is 2.84. The van der Waals surface area contributed by atoms with Crippen molar-refractivity contribution in [1.29, 1.82) is 0 Å². The number of amides is 1. The normalized spacial score (nSPS) is 10.7. The minimum atomic E-state index is -0.0220. The van der Waals surface area contributed by atoms with E-state index >= 15 is 0 Å². The van der Waals surface area contributed by atoms with Crippen molar-refractivity contribution in [2.24, 2.45) is 0 Å².